The van der Waals surface area contributed by atoms with Gasteiger partial charge in [-0.2, -0.15) is 0 Å². The standard InChI is InChI=1S/C19H25Cl3O7/c1-8(2)14-10(23)9-13(3)17(25-5,12(14)28-14)29-16(24-4)11(20)15(9,21)19(26-6,27-7)18(13,16)22/h8-9,11-12H,1-7H3/t9-,11-,12-,13-,14-,15-,16-,17+,18+/m1/s1. The Labute approximate surface area is 184 Å². The highest BCUT2D eigenvalue weighted by molar-refractivity contribution is 6.41. The Morgan fingerprint density at radius 2 is 1.55 bits per heavy atom. The number of carbonyl (C=O) groups excluding carboxylic acids is 1. The van der Waals surface area contributed by atoms with Gasteiger partial charge in [0.15, 0.2) is 16.3 Å². The summed E-state index contributed by atoms with van der Waals surface area (Å²) in [5.74, 6) is -6.10. The van der Waals surface area contributed by atoms with Gasteiger partial charge in [-0.25, -0.2) is 0 Å². The molecule has 3 saturated carbocycles. The number of rotatable bonds is 5. The first-order valence-corrected chi connectivity index (χ1v) is 10.8. The second kappa shape index (κ2) is 5.26. The SMILES string of the molecule is COC1(OC)[C@]2(Cl)[C@@H](Cl)[C@@]3(OC)O[C@@]4(OC)[C@@H]5O[C@]5(C(C)C)C(=O)[C@@H]2[C@@]4(C)[C@@]13Cl. The fourth-order valence-electron chi connectivity index (χ4n) is 7.42. The third-order valence-corrected chi connectivity index (χ3v) is 10.9. The van der Waals surface area contributed by atoms with Crippen molar-refractivity contribution in [2.24, 2.45) is 17.3 Å². The van der Waals surface area contributed by atoms with Crippen LogP contribution in [0.1, 0.15) is 20.8 Å². The van der Waals surface area contributed by atoms with Crippen LogP contribution in [0, 0.1) is 17.3 Å². The molecule has 7 nitrogen and oxygen atoms in total. The van der Waals surface area contributed by atoms with E-state index in [1.807, 2.05) is 13.8 Å². The van der Waals surface area contributed by atoms with Crippen molar-refractivity contribution in [1.29, 1.82) is 0 Å². The summed E-state index contributed by atoms with van der Waals surface area (Å²) in [5.41, 5.74) is -2.36. The van der Waals surface area contributed by atoms with Gasteiger partial charge in [0, 0.05) is 28.4 Å². The molecule has 5 fully saturated rings. The van der Waals surface area contributed by atoms with Gasteiger partial charge in [0.05, 0.1) is 11.3 Å². The van der Waals surface area contributed by atoms with E-state index in [-0.39, 0.29) is 11.7 Å². The summed E-state index contributed by atoms with van der Waals surface area (Å²) in [6, 6.07) is 0. The fraction of sp³-hybridized carbons (Fsp3) is 0.947. The zero-order valence-corrected chi connectivity index (χ0v) is 19.6. The normalized spacial score (nSPS) is 60.8. The topological polar surface area (TPSA) is 75.8 Å². The Hall–Kier alpha value is 0.300. The predicted molar refractivity (Wildman–Crippen MR) is 103 cm³/mol. The van der Waals surface area contributed by atoms with Crippen molar-refractivity contribution in [3.63, 3.8) is 0 Å². The van der Waals surface area contributed by atoms with Gasteiger partial charge in [-0.1, -0.05) is 20.8 Å². The highest BCUT2D eigenvalue weighted by Gasteiger charge is 3.09. The zero-order valence-electron chi connectivity index (χ0n) is 17.3. The van der Waals surface area contributed by atoms with Crippen LogP contribution in [-0.2, 0) is 33.2 Å². The molecule has 0 N–H and O–H groups in total. The first-order chi connectivity index (χ1) is 13.4. The molecule has 9 atom stereocenters. The van der Waals surface area contributed by atoms with Crippen LogP contribution in [0.15, 0.2) is 0 Å². The van der Waals surface area contributed by atoms with E-state index in [1.165, 1.54) is 28.4 Å². The maximum atomic E-state index is 14.0. The molecule has 0 aromatic carbocycles. The van der Waals surface area contributed by atoms with Crippen LogP contribution in [0.2, 0.25) is 0 Å². The molecule has 29 heavy (non-hydrogen) atoms. The summed E-state index contributed by atoms with van der Waals surface area (Å²) >= 11 is 21.7. The van der Waals surface area contributed by atoms with E-state index in [4.69, 9.17) is 63.2 Å². The lowest BCUT2D eigenvalue weighted by atomic mass is 9.53. The molecular formula is C19H25Cl3O7. The number of hydrogen-bond donors (Lipinski definition) is 0. The molecular weight excluding hydrogens is 447 g/mol. The van der Waals surface area contributed by atoms with E-state index >= 15 is 0 Å². The van der Waals surface area contributed by atoms with Crippen LogP contribution in [0.25, 0.3) is 0 Å². The minimum atomic E-state index is -1.70. The molecule has 10 heteroatoms. The van der Waals surface area contributed by atoms with Crippen molar-refractivity contribution in [3.05, 3.63) is 0 Å². The molecule has 2 heterocycles. The van der Waals surface area contributed by atoms with Crippen molar-refractivity contribution in [2.75, 3.05) is 28.4 Å². The van der Waals surface area contributed by atoms with Crippen LogP contribution < -0.4 is 0 Å². The minimum Gasteiger partial charge on any atom is -0.352 e. The van der Waals surface area contributed by atoms with Crippen molar-refractivity contribution in [1.82, 2.24) is 0 Å². The molecule has 2 aliphatic heterocycles. The fourth-order valence-corrected chi connectivity index (χ4v) is 9.63. The molecule has 0 aromatic heterocycles. The summed E-state index contributed by atoms with van der Waals surface area (Å²) < 4.78 is 36.4. The number of carbonyl (C=O) groups is 1. The molecule has 2 saturated heterocycles. The summed E-state index contributed by atoms with van der Waals surface area (Å²) in [6.45, 7) is 5.63. The minimum absolute atomic E-state index is 0.157. The van der Waals surface area contributed by atoms with E-state index < -0.39 is 55.5 Å². The molecule has 0 amide bonds. The number of hydrogen-bond acceptors (Lipinski definition) is 7. The van der Waals surface area contributed by atoms with Crippen molar-refractivity contribution in [2.45, 2.75) is 65.0 Å². The Morgan fingerprint density at radius 3 is 2.00 bits per heavy atom. The largest absolute Gasteiger partial charge is 0.352 e. The maximum Gasteiger partial charge on any atom is 0.215 e. The highest BCUT2D eigenvalue weighted by Crippen LogP contribution is 2.89. The number of fused-ring (bicyclic) bond motifs is 4. The third kappa shape index (κ3) is 1.40. The average molecular weight is 472 g/mol. The highest BCUT2D eigenvalue weighted by atomic mass is 35.5. The Balaban J connectivity index is 1.93. The lowest BCUT2D eigenvalue weighted by Crippen LogP contribution is -2.71. The van der Waals surface area contributed by atoms with Crippen LogP contribution in [0.4, 0.5) is 0 Å². The second-order valence-electron chi connectivity index (χ2n) is 9.10. The number of ether oxygens (including phenoxy) is 6. The van der Waals surface area contributed by atoms with Gasteiger partial charge in [-0.05, 0) is 5.92 Å². The van der Waals surface area contributed by atoms with Gasteiger partial charge in [0.25, 0.3) is 0 Å². The van der Waals surface area contributed by atoms with Crippen LogP contribution >= 0.6 is 34.8 Å². The first kappa shape index (κ1) is 21.2. The Kier molecular flexibility index (Phi) is 3.84. The van der Waals surface area contributed by atoms with E-state index in [2.05, 4.69) is 0 Å². The van der Waals surface area contributed by atoms with Gasteiger partial charge in [-0.3, -0.25) is 4.79 Å². The summed E-state index contributed by atoms with van der Waals surface area (Å²) in [4.78, 5) is 10.8. The molecule has 0 spiro atoms. The van der Waals surface area contributed by atoms with Crippen molar-refractivity contribution in [3.8, 4) is 0 Å². The zero-order chi connectivity index (χ0) is 21.6. The third-order valence-electron chi connectivity index (χ3n) is 8.56. The summed E-state index contributed by atoms with van der Waals surface area (Å²) in [6.07, 6.45) is -0.698. The van der Waals surface area contributed by atoms with Gasteiger partial charge >= 0.3 is 0 Å². The number of epoxide rings is 1. The van der Waals surface area contributed by atoms with E-state index in [0.29, 0.717) is 0 Å². The smallest absolute Gasteiger partial charge is 0.215 e. The van der Waals surface area contributed by atoms with Crippen molar-refractivity contribution < 1.29 is 33.2 Å². The molecule has 0 aromatic rings. The van der Waals surface area contributed by atoms with Gasteiger partial charge in [0.2, 0.25) is 17.4 Å². The molecule has 164 valence electrons. The number of ketones is 1. The molecule has 5 rings (SSSR count). The summed E-state index contributed by atoms with van der Waals surface area (Å²) in [5, 5.41) is -1.08. The van der Waals surface area contributed by atoms with Gasteiger partial charge in [-0.15, -0.1) is 34.8 Å². The van der Waals surface area contributed by atoms with E-state index in [9.17, 15) is 4.79 Å². The van der Waals surface area contributed by atoms with Gasteiger partial charge in [0.1, 0.15) is 16.4 Å². The first-order valence-electron chi connectivity index (χ1n) is 9.56. The van der Waals surface area contributed by atoms with Gasteiger partial charge < -0.3 is 28.4 Å². The Morgan fingerprint density at radius 1 is 1.00 bits per heavy atom. The predicted octanol–water partition coefficient (Wildman–Crippen LogP) is 2.28. The number of Topliss-reactive ketones (excluding diaryl/α,β-unsaturated/α-hetero) is 1. The molecule has 2 bridgehead atoms. The lowest BCUT2D eigenvalue weighted by molar-refractivity contribution is -0.328. The van der Waals surface area contributed by atoms with E-state index in [1.54, 1.807) is 6.92 Å². The molecule has 3 aliphatic carbocycles. The van der Waals surface area contributed by atoms with E-state index in [0.717, 1.165) is 0 Å². The van der Waals surface area contributed by atoms with Crippen LogP contribution in [0.3, 0.4) is 0 Å². The lowest BCUT2D eigenvalue weighted by Gasteiger charge is -2.52. The number of alkyl halides is 3. The molecule has 0 unspecified atom stereocenters. The molecule has 5 aliphatic rings. The average Bonchev–Trinajstić information content (AvgIpc) is 3.38. The number of halogens is 3. The second-order valence-corrected chi connectivity index (χ2v) is 10.7. The number of methoxy groups -OCH3 is 4. The summed E-state index contributed by atoms with van der Waals surface area (Å²) in [7, 11) is 5.78. The quantitative estimate of drug-likeness (QED) is 0.346. The Bertz CT molecular complexity index is 822. The maximum absolute atomic E-state index is 14.0. The van der Waals surface area contributed by atoms with Crippen molar-refractivity contribution >= 4 is 40.6 Å². The van der Waals surface area contributed by atoms with Crippen LogP contribution in [-0.4, -0.2) is 78.4 Å². The monoisotopic (exact) mass is 470 g/mol. The molecule has 0 radical (unpaired) electrons. The van der Waals surface area contributed by atoms with Crippen LogP contribution in [0.5, 0.6) is 0 Å².